The average Bonchev–Trinajstić information content (AvgIpc) is 3.24. The van der Waals surface area contributed by atoms with Crippen LogP contribution in [0.15, 0.2) is 60.8 Å². The Hall–Kier alpha value is -2.43. The zero-order chi connectivity index (χ0) is 19.1. The Morgan fingerprint density at radius 1 is 1.00 bits per heavy atom. The molecule has 0 N–H and O–H groups in total. The average molecular weight is 374 g/mol. The first-order valence-electron chi connectivity index (χ1n) is 10.1. The summed E-state index contributed by atoms with van der Waals surface area (Å²) in [5, 5.41) is 1.23. The van der Waals surface area contributed by atoms with E-state index in [9.17, 15) is 0 Å². The van der Waals surface area contributed by atoms with Gasteiger partial charge in [0.2, 0.25) is 0 Å². The van der Waals surface area contributed by atoms with E-state index in [1.807, 2.05) is 12.3 Å². The van der Waals surface area contributed by atoms with Crippen LogP contribution in [0.2, 0.25) is 0 Å². The maximum absolute atomic E-state index is 5.34. The molecule has 0 saturated carbocycles. The third-order valence-corrected chi connectivity index (χ3v) is 6.54. The molecule has 0 aliphatic carbocycles. The molecule has 2 saturated heterocycles. The second-order valence-corrected chi connectivity index (χ2v) is 8.27. The van der Waals surface area contributed by atoms with Crippen LogP contribution < -0.4 is 4.74 Å². The summed E-state index contributed by atoms with van der Waals surface area (Å²) in [7, 11) is 4.00. The molecule has 1 aromatic heterocycles. The van der Waals surface area contributed by atoms with Crippen LogP contribution in [0.4, 0.5) is 0 Å². The second kappa shape index (κ2) is 7.19. The minimum Gasteiger partial charge on any atom is -0.497 e. The lowest BCUT2D eigenvalue weighted by Crippen LogP contribution is -2.29. The number of aromatic nitrogens is 1. The summed E-state index contributed by atoms with van der Waals surface area (Å²) in [4.78, 5) is 9.80. The van der Waals surface area contributed by atoms with Crippen molar-refractivity contribution in [3.05, 3.63) is 71.9 Å². The molecule has 3 atom stereocenters. The number of ether oxygens (including phenoxy) is 1. The zero-order valence-electron chi connectivity index (χ0n) is 16.6. The topological polar surface area (TPSA) is 28.6 Å². The third kappa shape index (κ3) is 3.07. The molecule has 2 aliphatic heterocycles. The maximum Gasteiger partial charge on any atom is 0.118 e. The van der Waals surface area contributed by atoms with E-state index in [4.69, 9.17) is 4.74 Å². The zero-order valence-corrected chi connectivity index (χ0v) is 16.6. The van der Waals surface area contributed by atoms with Gasteiger partial charge in [-0.05, 0) is 48.2 Å². The van der Waals surface area contributed by atoms with Crippen LogP contribution in [0.5, 0.6) is 5.75 Å². The molecular weight excluding hydrogens is 346 g/mol. The molecule has 2 aliphatic rings. The molecule has 4 heteroatoms. The van der Waals surface area contributed by atoms with Crippen molar-refractivity contribution in [3.63, 3.8) is 0 Å². The van der Waals surface area contributed by atoms with Gasteiger partial charge in [-0.3, -0.25) is 14.8 Å². The van der Waals surface area contributed by atoms with E-state index in [0.717, 1.165) is 30.3 Å². The number of likely N-dealkylation sites (tertiary alicyclic amines) is 2. The van der Waals surface area contributed by atoms with Crippen LogP contribution in [0.25, 0.3) is 10.9 Å². The van der Waals surface area contributed by atoms with Crippen molar-refractivity contribution in [1.29, 1.82) is 0 Å². The van der Waals surface area contributed by atoms with Crippen LogP contribution in [-0.2, 0) is 6.54 Å². The lowest BCUT2D eigenvalue weighted by atomic mass is 9.89. The third-order valence-electron chi connectivity index (χ3n) is 6.54. The molecule has 5 rings (SSSR count). The van der Waals surface area contributed by atoms with Gasteiger partial charge in [0.05, 0.1) is 12.6 Å². The van der Waals surface area contributed by atoms with Crippen LogP contribution in [0, 0.1) is 11.8 Å². The smallest absolute Gasteiger partial charge is 0.118 e. The number of nitrogens with zero attached hydrogens (tertiary/aromatic N) is 3. The summed E-state index contributed by atoms with van der Waals surface area (Å²) in [6.45, 7) is 4.48. The van der Waals surface area contributed by atoms with Gasteiger partial charge in [0, 0.05) is 43.8 Å². The summed E-state index contributed by atoms with van der Waals surface area (Å²) < 4.78 is 5.34. The van der Waals surface area contributed by atoms with Gasteiger partial charge in [-0.25, -0.2) is 0 Å². The number of methoxy groups -OCH3 is 1. The number of para-hydroxylation sites is 1. The van der Waals surface area contributed by atoms with Crippen molar-refractivity contribution in [2.45, 2.75) is 12.6 Å². The Morgan fingerprint density at radius 2 is 1.82 bits per heavy atom. The molecule has 0 radical (unpaired) electrons. The maximum atomic E-state index is 5.34. The number of hydrogen-bond acceptors (Lipinski definition) is 4. The van der Waals surface area contributed by atoms with Crippen molar-refractivity contribution < 1.29 is 4.74 Å². The highest BCUT2D eigenvalue weighted by atomic mass is 16.5. The Kier molecular flexibility index (Phi) is 4.53. The van der Waals surface area contributed by atoms with E-state index in [-0.39, 0.29) is 0 Å². The Labute approximate surface area is 166 Å². The molecule has 0 spiro atoms. The van der Waals surface area contributed by atoms with Gasteiger partial charge in [0.1, 0.15) is 5.75 Å². The predicted molar refractivity (Wildman–Crippen MR) is 112 cm³/mol. The van der Waals surface area contributed by atoms with Crippen molar-refractivity contribution in [3.8, 4) is 5.75 Å². The van der Waals surface area contributed by atoms with E-state index in [1.54, 1.807) is 7.11 Å². The Balaban J connectivity index is 1.35. The largest absolute Gasteiger partial charge is 0.497 e. The number of pyridine rings is 1. The van der Waals surface area contributed by atoms with Gasteiger partial charge in [0.15, 0.2) is 0 Å². The first kappa shape index (κ1) is 17.7. The summed E-state index contributed by atoms with van der Waals surface area (Å²) >= 11 is 0. The van der Waals surface area contributed by atoms with Gasteiger partial charge < -0.3 is 4.74 Å². The number of hydrogen-bond donors (Lipinski definition) is 0. The molecule has 144 valence electrons. The van der Waals surface area contributed by atoms with Crippen LogP contribution in [0.3, 0.4) is 0 Å². The summed E-state index contributed by atoms with van der Waals surface area (Å²) in [6.07, 6.45) is 1.90. The first-order chi connectivity index (χ1) is 13.7. The van der Waals surface area contributed by atoms with Crippen molar-refractivity contribution >= 4 is 10.9 Å². The molecule has 0 bridgehead atoms. The van der Waals surface area contributed by atoms with Crippen LogP contribution >= 0.6 is 0 Å². The van der Waals surface area contributed by atoms with Gasteiger partial charge in [0.25, 0.3) is 0 Å². The first-order valence-corrected chi connectivity index (χ1v) is 10.1. The minimum atomic E-state index is 0.492. The Morgan fingerprint density at radius 3 is 2.64 bits per heavy atom. The molecule has 3 aromatic rings. The number of rotatable bonds is 4. The molecule has 4 nitrogen and oxygen atoms in total. The molecule has 0 amide bonds. The summed E-state index contributed by atoms with van der Waals surface area (Å²) in [5.74, 6) is 2.35. The van der Waals surface area contributed by atoms with E-state index >= 15 is 0 Å². The highest BCUT2D eigenvalue weighted by molar-refractivity contribution is 5.81. The Bertz CT molecular complexity index is 966. The molecule has 3 heterocycles. The van der Waals surface area contributed by atoms with Gasteiger partial charge >= 0.3 is 0 Å². The fourth-order valence-corrected chi connectivity index (χ4v) is 5.32. The fourth-order valence-electron chi connectivity index (χ4n) is 5.32. The second-order valence-electron chi connectivity index (χ2n) is 8.27. The molecule has 28 heavy (non-hydrogen) atoms. The standard InChI is InChI=1S/C24H27N3O/c1-26-13-20-15-27(14-19-6-3-5-17-7-4-12-25-23(17)19)16-22(20)24(26)18-8-10-21(28-2)11-9-18/h3-12,20,22,24H,13-16H2,1-2H3/t20-,22+,24+/m0/s1. The van der Waals surface area contributed by atoms with Gasteiger partial charge in [-0.1, -0.05) is 36.4 Å². The quantitative estimate of drug-likeness (QED) is 0.692. The van der Waals surface area contributed by atoms with Crippen molar-refractivity contribution in [1.82, 2.24) is 14.8 Å². The summed E-state index contributed by atoms with van der Waals surface area (Å²) in [5.41, 5.74) is 3.89. The van der Waals surface area contributed by atoms with Crippen molar-refractivity contribution in [2.24, 2.45) is 11.8 Å². The monoisotopic (exact) mass is 373 g/mol. The predicted octanol–water partition coefficient (Wildman–Crippen LogP) is 3.98. The number of benzene rings is 2. The van der Waals surface area contributed by atoms with E-state index < -0.39 is 0 Å². The SMILES string of the molecule is COc1ccc([C@@H]2[C@@H]3CN(Cc4cccc5cccnc45)C[C@@H]3CN2C)cc1. The minimum absolute atomic E-state index is 0.492. The molecule has 2 aromatic carbocycles. The molecule has 2 fully saturated rings. The lowest BCUT2D eigenvalue weighted by Gasteiger charge is -2.27. The molecular formula is C24H27N3O. The summed E-state index contributed by atoms with van der Waals surface area (Å²) in [6, 6.07) is 19.8. The highest BCUT2D eigenvalue weighted by Gasteiger charge is 2.45. The van der Waals surface area contributed by atoms with Gasteiger partial charge in [-0.15, -0.1) is 0 Å². The normalized spacial score (nSPS) is 25.3. The molecule has 0 unspecified atom stereocenters. The lowest BCUT2D eigenvalue weighted by molar-refractivity contribution is 0.225. The van der Waals surface area contributed by atoms with Crippen LogP contribution in [-0.4, -0.2) is 48.6 Å². The van der Waals surface area contributed by atoms with E-state index in [2.05, 4.69) is 70.4 Å². The van der Waals surface area contributed by atoms with E-state index in [0.29, 0.717) is 12.0 Å². The fraction of sp³-hybridized carbons (Fsp3) is 0.375. The highest BCUT2D eigenvalue weighted by Crippen LogP contribution is 2.44. The van der Waals surface area contributed by atoms with E-state index in [1.165, 1.54) is 29.6 Å². The van der Waals surface area contributed by atoms with Crippen molar-refractivity contribution in [2.75, 3.05) is 33.8 Å². The van der Waals surface area contributed by atoms with Gasteiger partial charge in [-0.2, -0.15) is 0 Å². The number of fused-ring (bicyclic) bond motifs is 2. The van der Waals surface area contributed by atoms with Crippen LogP contribution in [0.1, 0.15) is 17.2 Å².